The summed E-state index contributed by atoms with van der Waals surface area (Å²) in [6, 6.07) is 8.04. The van der Waals surface area contributed by atoms with Gasteiger partial charge in [-0.25, -0.2) is 4.79 Å². The Bertz CT molecular complexity index is 409. The Labute approximate surface area is 114 Å². The lowest BCUT2D eigenvalue weighted by Gasteiger charge is -2.30. The maximum Gasteiger partial charge on any atom is 0.338 e. The Morgan fingerprint density at radius 2 is 1.95 bits per heavy atom. The molecule has 0 bridgehead atoms. The summed E-state index contributed by atoms with van der Waals surface area (Å²) in [4.78, 5) is 13.9. The van der Waals surface area contributed by atoms with Gasteiger partial charge in [-0.2, -0.15) is 0 Å². The minimum atomic E-state index is -0.252. The highest BCUT2D eigenvalue weighted by Crippen LogP contribution is 2.13. The van der Waals surface area contributed by atoms with E-state index in [1.165, 1.54) is 5.56 Å². The Balaban J connectivity index is 1.90. The van der Waals surface area contributed by atoms with Gasteiger partial charge in [0.05, 0.1) is 12.2 Å². The van der Waals surface area contributed by atoms with Crippen LogP contribution in [0, 0.1) is 0 Å². The van der Waals surface area contributed by atoms with E-state index in [-0.39, 0.29) is 5.97 Å². The van der Waals surface area contributed by atoms with Crippen LogP contribution in [0.1, 0.15) is 35.7 Å². The van der Waals surface area contributed by atoms with Gasteiger partial charge in [-0.05, 0) is 50.6 Å². The molecule has 2 N–H and O–H groups in total. The van der Waals surface area contributed by atoms with Crippen LogP contribution >= 0.6 is 0 Å². The fraction of sp³-hybridized carbons (Fsp3) is 0.533. The predicted molar refractivity (Wildman–Crippen MR) is 74.9 cm³/mol. The first-order valence-electron chi connectivity index (χ1n) is 6.93. The van der Waals surface area contributed by atoms with Crippen LogP contribution in [0.5, 0.6) is 0 Å². The van der Waals surface area contributed by atoms with Crippen molar-refractivity contribution in [3.63, 3.8) is 0 Å². The molecule has 0 atom stereocenters. The van der Waals surface area contributed by atoms with Crippen molar-refractivity contribution in [1.82, 2.24) is 4.90 Å². The van der Waals surface area contributed by atoms with Gasteiger partial charge >= 0.3 is 5.97 Å². The van der Waals surface area contributed by atoms with Crippen molar-refractivity contribution in [2.75, 3.05) is 19.7 Å². The van der Waals surface area contributed by atoms with Gasteiger partial charge in [0.15, 0.2) is 0 Å². The minimum absolute atomic E-state index is 0.252. The molecule has 0 radical (unpaired) electrons. The Hall–Kier alpha value is -1.39. The maximum absolute atomic E-state index is 11.5. The quantitative estimate of drug-likeness (QED) is 0.840. The predicted octanol–water partition coefficient (Wildman–Crippen LogP) is 1.79. The molecule has 0 saturated carbocycles. The van der Waals surface area contributed by atoms with Gasteiger partial charge in [0.1, 0.15) is 0 Å². The van der Waals surface area contributed by atoms with E-state index in [2.05, 4.69) is 4.90 Å². The van der Waals surface area contributed by atoms with Crippen molar-refractivity contribution >= 4 is 5.97 Å². The van der Waals surface area contributed by atoms with Crippen molar-refractivity contribution in [3.05, 3.63) is 35.4 Å². The van der Waals surface area contributed by atoms with E-state index in [1.54, 1.807) is 0 Å². The zero-order valence-electron chi connectivity index (χ0n) is 11.5. The fourth-order valence-electron chi connectivity index (χ4n) is 2.33. The van der Waals surface area contributed by atoms with Gasteiger partial charge < -0.3 is 10.5 Å². The van der Waals surface area contributed by atoms with Crippen molar-refractivity contribution in [1.29, 1.82) is 0 Å². The molecule has 0 spiro atoms. The highest BCUT2D eigenvalue weighted by Gasteiger charge is 2.16. The standard InChI is InChI=1S/C15H22N2O2/c1-2-19-15(18)13-5-3-12(4-6-13)11-17-9-7-14(16)8-10-17/h3-6,14H,2,7-11,16H2,1H3. The Morgan fingerprint density at radius 3 is 2.53 bits per heavy atom. The zero-order chi connectivity index (χ0) is 13.7. The lowest BCUT2D eigenvalue weighted by atomic mass is 10.0. The molecule has 4 nitrogen and oxygen atoms in total. The molecule has 1 aromatic rings. The van der Waals surface area contributed by atoms with E-state index in [9.17, 15) is 4.79 Å². The van der Waals surface area contributed by atoms with Crippen LogP contribution in [0.2, 0.25) is 0 Å². The summed E-state index contributed by atoms with van der Waals surface area (Å²) in [6.45, 7) is 5.26. The second-order valence-electron chi connectivity index (χ2n) is 5.03. The van der Waals surface area contributed by atoms with Gasteiger partial charge in [0.25, 0.3) is 0 Å². The topological polar surface area (TPSA) is 55.6 Å². The number of benzene rings is 1. The van der Waals surface area contributed by atoms with Crippen LogP contribution in [-0.4, -0.2) is 36.6 Å². The summed E-state index contributed by atoms with van der Waals surface area (Å²) in [5.74, 6) is -0.252. The molecule has 0 aliphatic carbocycles. The number of nitrogens with zero attached hydrogens (tertiary/aromatic N) is 1. The molecule has 1 aliphatic heterocycles. The number of rotatable bonds is 4. The molecule has 4 heteroatoms. The summed E-state index contributed by atoms with van der Waals surface area (Å²) < 4.78 is 4.97. The van der Waals surface area contributed by atoms with E-state index >= 15 is 0 Å². The lowest BCUT2D eigenvalue weighted by Crippen LogP contribution is -2.39. The molecule has 1 fully saturated rings. The molecule has 1 aromatic carbocycles. The number of likely N-dealkylation sites (tertiary alicyclic amines) is 1. The molecule has 19 heavy (non-hydrogen) atoms. The monoisotopic (exact) mass is 262 g/mol. The number of hydrogen-bond acceptors (Lipinski definition) is 4. The van der Waals surface area contributed by atoms with E-state index in [4.69, 9.17) is 10.5 Å². The molecule has 1 heterocycles. The normalized spacial score (nSPS) is 17.4. The van der Waals surface area contributed by atoms with Crippen molar-refractivity contribution in [2.24, 2.45) is 5.73 Å². The highest BCUT2D eigenvalue weighted by molar-refractivity contribution is 5.89. The number of carbonyl (C=O) groups is 1. The molecular formula is C15H22N2O2. The molecule has 0 unspecified atom stereocenters. The zero-order valence-corrected chi connectivity index (χ0v) is 11.5. The largest absolute Gasteiger partial charge is 0.462 e. The van der Waals surface area contributed by atoms with Gasteiger partial charge in [-0.1, -0.05) is 12.1 Å². The second-order valence-corrected chi connectivity index (χ2v) is 5.03. The van der Waals surface area contributed by atoms with Crippen LogP contribution in [0.4, 0.5) is 0 Å². The first-order valence-corrected chi connectivity index (χ1v) is 6.93. The van der Waals surface area contributed by atoms with E-state index in [1.807, 2.05) is 31.2 Å². The van der Waals surface area contributed by atoms with Gasteiger partial charge in [0, 0.05) is 12.6 Å². The first-order chi connectivity index (χ1) is 9.19. The molecule has 104 valence electrons. The smallest absolute Gasteiger partial charge is 0.338 e. The van der Waals surface area contributed by atoms with E-state index in [0.29, 0.717) is 18.2 Å². The van der Waals surface area contributed by atoms with Gasteiger partial charge in [-0.15, -0.1) is 0 Å². The van der Waals surface area contributed by atoms with Crippen LogP contribution in [-0.2, 0) is 11.3 Å². The molecule has 2 rings (SSSR count). The Kier molecular flexibility index (Phi) is 4.93. The van der Waals surface area contributed by atoms with Gasteiger partial charge in [0.2, 0.25) is 0 Å². The lowest BCUT2D eigenvalue weighted by molar-refractivity contribution is 0.0526. The minimum Gasteiger partial charge on any atom is -0.462 e. The summed E-state index contributed by atoms with van der Waals surface area (Å²) in [7, 11) is 0. The highest BCUT2D eigenvalue weighted by atomic mass is 16.5. The summed E-state index contributed by atoms with van der Waals surface area (Å²) in [5.41, 5.74) is 7.74. The molecule has 1 aliphatic rings. The van der Waals surface area contributed by atoms with Crippen molar-refractivity contribution < 1.29 is 9.53 Å². The number of hydrogen-bond donors (Lipinski definition) is 1. The number of nitrogens with two attached hydrogens (primary N) is 1. The van der Waals surface area contributed by atoms with Crippen LogP contribution in [0.15, 0.2) is 24.3 Å². The number of esters is 1. The van der Waals surface area contributed by atoms with Gasteiger partial charge in [-0.3, -0.25) is 4.90 Å². The number of piperidine rings is 1. The second kappa shape index (κ2) is 6.68. The summed E-state index contributed by atoms with van der Waals surface area (Å²) >= 11 is 0. The summed E-state index contributed by atoms with van der Waals surface area (Å²) in [5, 5.41) is 0. The van der Waals surface area contributed by atoms with Crippen LogP contribution in [0.25, 0.3) is 0 Å². The molecule has 0 aromatic heterocycles. The average Bonchev–Trinajstić information content (AvgIpc) is 2.42. The third-order valence-corrected chi connectivity index (χ3v) is 3.50. The maximum atomic E-state index is 11.5. The van der Waals surface area contributed by atoms with Crippen molar-refractivity contribution in [3.8, 4) is 0 Å². The number of ether oxygens (including phenoxy) is 1. The van der Waals surface area contributed by atoms with Crippen molar-refractivity contribution in [2.45, 2.75) is 32.4 Å². The van der Waals surface area contributed by atoms with E-state index in [0.717, 1.165) is 32.5 Å². The third kappa shape index (κ3) is 4.04. The van der Waals surface area contributed by atoms with Crippen LogP contribution < -0.4 is 5.73 Å². The van der Waals surface area contributed by atoms with E-state index < -0.39 is 0 Å². The fourth-order valence-corrected chi connectivity index (χ4v) is 2.33. The average molecular weight is 262 g/mol. The third-order valence-electron chi connectivity index (χ3n) is 3.50. The SMILES string of the molecule is CCOC(=O)c1ccc(CN2CCC(N)CC2)cc1. The number of carbonyl (C=O) groups excluding carboxylic acids is 1. The molecular weight excluding hydrogens is 240 g/mol. The van der Waals surface area contributed by atoms with Crippen LogP contribution in [0.3, 0.4) is 0 Å². The first kappa shape index (κ1) is 14.0. The molecule has 0 amide bonds. The molecule has 1 saturated heterocycles. The Morgan fingerprint density at radius 1 is 1.32 bits per heavy atom. The summed E-state index contributed by atoms with van der Waals surface area (Å²) in [6.07, 6.45) is 2.14.